The van der Waals surface area contributed by atoms with Crippen molar-refractivity contribution in [2.75, 3.05) is 10.6 Å². The molecule has 0 atom stereocenters. The molecule has 0 aliphatic carbocycles. The fourth-order valence-electron chi connectivity index (χ4n) is 2.38. The van der Waals surface area contributed by atoms with E-state index in [0.717, 1.165) is 5.69 Å². The zero-order valence-corrected chi connectivity index (χ0v) is 16.8. The molecule has 5 nitrogen and oxygen atoms in total. The second-order valence-electron chi connectivity index (χ2n) is 8.49. The van der Waals surface area contributed by atoms with Crippen LogP contribution in [0.15, 0.2) is 48.5 Å². The Morgan fingerprint density at radius 2 is 1.22 bits per heavy atom. The van der Waals surface area contributed by atoms with E-state index in [2.05, 4.69) is 31.4 Å². The van der Waals surface area contributed by atoms with Crippen molar-refractivity contribution in [1.82, 2.24) is 0 Å². The second kappa shape index (κ2) is 7.82. The van der Waals surface area contributed by atoms with Crippen molar-refractivity contribution in [3.63, 3.8) is 0 Å². The SMILES string of the molecule is CC(C)(C)OC(=O)Nc1ccc(C(=O)Nc2ccc(C(C)(C)C)cc2)cc1. The first-order chi connectivity index (χ1) is 12.4. The Labute approximate surface area is 161 Å². The molecule has 2 aromatic carbocycles. The predicted octanol–water partition coefficient (Wildman–Crippen LogP) is 5.58. The largest absolute Gasteiger partial charge is 0.444 e. The van der Waals surface area contributed by atoms with Gasteiger partial charge in [0.15, 0.2) is 0 Å². The summed E-state index contributed by atoms with van der Waals surface area (Å²) in [4.78, 5) is 24.2. The maximum atomic E-state index is 12.4. The number of carbonyl (C=O) groups excluding carboxylic acids is 2. The molecule has 0 unspecified atom stereocenters. The van der Waals surface area contributed by atoms with E-state index in [1.165, 1.54) is 5.56 Å². The van der Waals surface area contributed by atoms with E-state index in [4.69, 9.17) is 4.74 Å². The van der Waals surface area contributed by atoms with Gasteiger partial charge in [-0.1, -0.05) is 32.9 Å². The van der Waals surface area contributed by atoms with Crippen molar-refractivity contribution in [3.05, 3.63) is 59.7 Å². The van der Waals surface area contributed by atoms with Crippen LogP contribution < -0.4 is 10.6 Å². The monoisotopic (exact) mass is 368 g/mol. The molecule has 0 heterocycles. The zero-order valence-electron chi connectivity index (χ0n) is 16.8. The molecule has 2 N–H and O–H groups in total. The second-order valence-corrected chi connectivity index (χ2v) is 8.49. The number of carbonyl (C=O) groups is 2. The number of ether oxygens (including phenoxy) is 1. The lowest BCUT2D eigenvalue weighted by Crippen LogP contribution is -2.27. The number of benzene rings is 2. The van der Waals surface area contributed by atoms with Crippen LogP contribution in [0.25, 0.3) is 0 Å². The van der Waals surface area contributed by atoms with E-state index in [1.54, 1.807) is 45.0 Å². The minimum atomic E-state index is -0.563. The highest BCUT2D eigenvalue weighted by atomic mass is 16.6. The average molecular weight is 368 g/mol. The predicted molar refractivity (Wildman–Crippen MR) is 109 cm³/mol. The quantitative estimate of drug-likeness (QED) is 0.743. The summed E-state index contributed by atoms with van der Waals surface area (Å²) in [5.41, 5.74) is 2.52. The number of hydrogen-bond acceptors (Lipinski definition) is 3. The van der Waals surface area contributed by atoms with Crippen LogP contribution in [0.3, 0.4) is 0 Å². The minimum Gasteiger partial charge on any atom is -0.444 e. The summed E-state index contributed by atoms with van der Waals surface area (Å²) in [6, 6.07) is 14.5. The molecule has 0 fully saturated rings. The maximum absolute atomic E-state index is 12.4. The van der Waals surface area contributed by atoms with Gasteiger partial charge in [0.2, 0.25) is 0 Å². The van der Waals surface area contributed by atoms with E-state index in [9.17, 15) is 9.59 Å². The Bertz CT molecular complexity index is 795. The van der Waals surface area contributed by atoms with E-state index < -0.39 is 11.7 Å². The van der Waals surface area contributed by atoms with Crippen LogP contribution in [-0.4, -0.2) is 17.6 Å². The maximum Gasteiger partial charge on any atom is 0.412 e. The molecule has 0 spiro atoms. The topological polar surface area (TPSA) is 67.4 Å². The molecule has 2 amide bonds. The first kappa shape index (κ1) is 20.5. The normalized spacial score (nSPS) is 11.6. The highest BCUT2D eigenvalue weighted by Crippen LogP contribution is 2.23. The van der Waals surface area contributed by atoms with E-state index in [-0.39, 0.29) is 11.3 Å². The van der Waals surface area contributed by atoms with Gasteiger partial charge in [-0.3, -0.25) is 10.1 Å². The Balaban J connectivity index is 1.98. The number of amides is 2. The van der Waals surface area contributed by atoms with Gasteiger partial charge in [-0.15, -0.1) is 0 Å². The lowest BCUT2D eigenvalue weighted by Gasteiger charge is -2.19. The van der Waals surface area contributed by atoms with E-state index in [1.807, 2.05) is 24.3 Å². The molecule has 0 radical (unpaired) electrons. The first-order valence-electron chi connectivity index (χ1n) is 8.96. The van der Waals surface area contributed by atoms with Gasteiger partial charge in [-0.2, -0.15) is 0 Å². The molecule has 0 saturated heterocycles. The third-order valence-corrected chi connectivity index (χ3v) is 3.80. The van der Waals surface area contributed by atoms with Gasteiger partial charge in [0.05, 0.1) is 0 Å². The Kier molecular flexibility index (Phi) is 5.94. The molecule has 2 rings (SSSR count). The summed E-state index contributed by atoms with van der Waals surface area (Å²) in [7, 11) is 0. The Hall–Kier alpha value is -2.82. The molecular formula is C22H28N2O3. The first-order valence-corrected chi connectivity index (χ1v) is 8.96. The summed E-state index contributed by atoms with van der Waals surface area (Å²) in [5, 5.41) is 5.52. The molecular weight excluding hydrogens is 340 g/mol. The van der Waals surface area contributed by atoms with Crippen LogP contribution >= 0.6 is 0 Å². The van der Waals surface area contributed by atoms with Crippen molar-refractivity contribution >= 4 is 23.4 Å². The van der Waals surface area contributed by atoms with Crippen LogP contribution in [0.4, 0.5) is 16.2 Å². The summed E-state index contributed by atoms with van der Waals surface area (Å²) in [6.07, 6.45) is -0.529. The Morgan fingerprint density at radius 1 is 0.741 bits per heavy atom. The highest BCUT2D eigenvalue weighted by molar-refractivity contribution is 6.04. The standard InChI is InChI=1S/C22H28N2O3/c1-21(2,3)16-9-13-17(14-10-16)23-19(25)15-7-11-18(12-8-15)24-20(26)27-22(4,5)6/h7-14H,1-6H3,(H,23,25)(H,24,26). The molecule has 144 valence electrons. The molecule has 2 aromatic rings. The third-order valence-electron chi connectivity index (χ3n) is 3.80. The molecule has 27 heavy (non-hydrogen) atoms. The van der Waals surface area contributed by atoms with Gasteiger partial charge in [0.25, 0.3) is 5.91 Å². The molecule has 0 bridgehead atoms. The lowest BCUT2D eigenvalue weighted by molar-refractivity contribution is 0.0636. The number of nitrogens with one attached hydrogen (secondary N) is 2. The minimum absolute atomic E-state index is 0.0690. The van der Waals surface area contributed by atoms with Crippen molar-refractivity contribution in [2.24, 2.45) is 0 Å². The van der Waals surface area contributed by atoms with Crippen molar-refractivity contribution in [1.29, 1.82) is 0 Å². The molecule has 0 aliphatic heterocycles. The Morgan fingerprint density at radius 3 is 1.70 bits per heavy atom. The summed E-state index contributed by atoms with van der Waals surface area (Å²) in [6.45, 7) is 11.8. The lowest BCUT2D eigenvalue weighted by atomic mass is 9.87. The number of anilines is 2. The van der Waals surface area contributed by atoms with Gasteiger partial charge in [0.1, 0.15) is 5.60 Å². The molecule has 0 saturated carbocycles. The van der Waals surface area contributed by atoms with Gasteiger partial charge < -0.3 is 10.1 Å². The van der Waals surface area contributed by atoms with Gasteiger partial charge >= 0.3 is 6.09 Å². The van der Waals surface area contributed by atoms with Crippen LogP contribution in [0.1, 0.15) is 57.5 Å². The van der Waals surface area contributed by atoms with Crippen molar-refractivity contribution in [3.8, 4) is 0 Å². The fraction of sp³-hybridized carbons (Fsp3) is 0.364. The zero-order chi connectivity index (χ0) is 20.2. The molecule has 5 heteroatoms. The van der Waals surface area contributed by atoms with Crippen molar-refractivity contribution < 1.29 is 14.3 Å². The van der Waals surface area contributed by atoms with Crippen LogP contribution in [-0.2, 0) is 10.2 Å². The van der Waals surface area contributed by atoms with Crippen LogP contribution in [0.5, 0.6) is 0 Å². The fourth-order valence-corrected chi connectivity index (χ4v) is 2.38. The van der Waals surface area contributed by atoms with E-state index in [0.29, 0.717) is 11.3 Å². The van der Waals surface area contributed by atoms with Gasteiger partial charge in [-0.25, -0.2) is 4.79 Å². The summed E-state index contributed by atoms with van der Waals surface area (Å²) < 4.78 is 5.20. The van der Waals surface area contributed by atoms with Crippen LogP contribution in [0.2, 0.25) is 0 Å². The smallest absolute Gasteiger partial charge is 0.412 e. The number of rotatable bonds is 3. The molecule has 0 aromatic heterocycles. The van der Waals surface area contributed by atoms with Crippen molar-refractivity contribution in [2.45, 2.75) is 52.6 Å². The third kappa shape index (κ3) is 6.44. The number of hydrogen-bond donors (Lipinski definition) is 2. The van der Waals surface area contributed by atoms with Gasteiger partial charge in [0, 0.05) is 16.9 Å². The highest BCUT2D eigenvalue weighted by Gasteiger charge is 2.16. The average Bonchev–Trinajstić information content (AvgIpc) is 2.53. The summed E-state index contributed by atoms with van der Waals surface area (Å²) >= 11 is 0. The van der Waals surface area contributed by atoms with Crippen LogP contribution in [0, 0.1) is 0 Å². The molecule has 0 aliphatic rings. The van der Waals surface area contributed by atoms with Gasteiger partial charge in [-0.05, 0) is 68.1 Å². The van der Waals surface area contributed by atoms with E-state index >= 15 is 0 Å². The summed E-state index contributed by atoms with van der Waals surface area (Å²) in [5.74, 6) is -0.206.